The first-order chi connectivity index (χ1) is 8.20. The van der Waals surface area contributed by atoms with Gasteiger partial charge >= 0.3 is 0 Å². The maximum absolute atomic E-state index is 10.9. The topological polar surface area (TPSA) is 79.5 Å². The Labute approximate surface area is 99.7 Å². The van der Waals surface area contributed by atoms with E-state index in [0.29, 0.717) is 19.1 Å². The van der Waals surface area contributed by atoms with Crippen molar-refractivity contribution in [3.63, 3.8) is 0 Å². The van der Waals surface area contributed by atoms with Gasteiger partial charge in [-0.25, -0.2) is 0 Å². The SMILES string of the molecule is O=CCCCCCC(C=O)n1c(O)ccc1O. The van der Waals surface area contributed by atoms with Crippen LogP contribution < -0.4 is 0 Å². The molecule has 2 N–H and O–H groups in total. The number of unbranched alkanes of at least 4 members (excludes halogenated alkanes) is 3. The van der Waals surface area contributed by atoms with Crippen molar-refractivity contribution in [2.75, 3.05) is 0 Å². The molecule has 0 fully saturated rings. The van der Waals surface area contributed by atoms with Crippen LogP contribution >= 0.6 is 0 Å². The molecule has 0 amide bonds. The van der Waals surface area contributed by atoms with Crippen molar-refractivity contribution in [3.8, 4) is 11.8 Å². The zero-order valence-electron chi connectivity index (χ0n) is 9.58. The maximum atomic E-state index is 10.9. The van der Waals surface area contributed by atoms with Gasteiger partial charge < -0.3 is 19.8 Å². The Morgan fingerprint density at radius 3 is 2.29 bits per heavy atom. The zero-order valence-corrected chi connectivity index (χ0v) is 9.58. The van der Waals surface area contributed by atoms with Crippen LogP contribution in [0.3, 0.4) is 0 Å². The Morgan fingerprint density at radius 2 is 1.76 bits per heavy atom. The molecule has 1 unspecified atom stereocenters. The van der Waals surface area contributed by atoms with Crippen molar-refractivity contribution < 1.29 is 19.8 Å². The third kappa shape index (κ3) is 3.62. The van der Waals surface area contributed by atoms with Crippen LogP contribution in [0.25, 0.3) is 0 Å². The van der Waals surface area contributed by atoms with Gasteiger partial charge in [-0.05, 0) is 12.8 Å². The first-order valence-electron chi connectivity index (χ1n) is 5.68. The number of aromatic nitrogens is 1. The molecule has 1 atom stereocenters. The van der Waals surface area contributed by atoms with Crippen LogP contribution in [0.15, 0.2) is 12.1 Å². The number of nitrogens with zero attached hydrogens (tertiary/aromatic N) is 1. The van der Waals surface area contributed by atoms with Gasteiger partial charge in [0.25, 0.3) is 0 Å². The largest absolute Gasteiger partial charge is 0.494 e. The monoisotopic (exact) mass is 239 g/mol. The normalized spacial score (nSPS) is 12.2. The minimum atomic E-state index is -0.554. The van der Waals surface area contributed by atoms with E-state index < -0.39 is 6.04 Å². The lowest BCUT2D eigenvalue weighted by atomic mass is 10.1. The molecule has 0 saturated heterocycles. The standard InChI is InChI=1S/C12H17NO4/c14-8-4-2-1-3-5-10(9-15)13-11(16)6-7-12(13)17/h6-10,16-17H,1-5H2. The highest BCUT2D eigenvalue weighted by atomic mass is 16.3. The Kier molecular flexibility index (Phi) is 5.26. The average Bonchev–Trinajstić information content (AvgIpc) is 2.65. The lowest BCUT2D eigenvalue weighted by Gasteiger charge is -2.14. The number of carbonyl (C=O) groups is 2. The van der Waals surface area contributed by atoms with Crippen LogP contribution in [0.4, 0.5) is 0 Å². The fourth-order valence-corrected chi connectivity index (χ4v) is 1.78. The number of rotatable bonds is 8. The summed E-state index contributed by atoms with van der Waals surface area (Å²) in [6.45, 7) is 0. The Morgan fingerprint density at radius 1 is 1.12 bits per heavy atom. The van der Waals surface area contributed by atoms with E-state index in [2.05, 4.69) is 0 Å². The summed E-state index contributed by atoms with van der Waals surface area (Å²) in [5, 5.41) is 18.9. The molecule has 0 aliphatic rings. The summed E-state index contributed by atoms with van der Waals surface area (Å²) >= 11 is 0. The van der Waals surface area contributed by atoms with Gasteiger partial charge in [-0.2, -0.15) is 0 Å². The molecule has 5 heteroatoms. The third-order valence-corrected chi connectivity index (χ3v) is 2.69. The number of hydrogen-bond acceptors (Lipinski definition) is 4. The van der Waals surface area contributed by atoms with Crippen molar-refractivity contribution in [1.29, 1.82) is 0 Å². The molecule has 0 bridgehead atoms. The minimum Gasteiger partial charge on any atom is -0.494 e. The molecule has 0 spiro atoms. The van der Waals surface area contributed by atoms with Crippen LogP contribution in [0.5, 0.6) is 11.8 Å². The molecule has 5 nitrogen and oxygen atoms in total. The third-order valence-electron chi connectivity index (χ3n) is 2.69. The lowest BCUT2D eigenvalue weighted by molar-refractivity contribution is -0.111. The number of aromatic hydroxyl groups is 2. The van der Waals surface area contributed by atoms with Gasteiger partial charge in [-0.1, -0.05) is 12.8 Å². The molecule has 0 aliphatic carbocycles. The van der Waals surface area contributed by atoms with Crippen molar-refractivity contribution >= 4 is 12.6 Å². The number of aldehydes is 2. The van der Waals surface area contributed by atoms with Crippen LogP contribution in [0.1, 0.15) is 38.1 Å². The fraction of sp³-hybridized carbons (Fsp3) is 0.500. The zero-order chi connectivity index (χ0) is 12.7. The van der Waals surface area contributed by atoms with Crippen molar-refractivity contribution in [2.24, 2.45) is 0 Å². The first kappa shape index (κ1) is 13.3. The van der Waals surface area contributed by atoms with Gasteiger partial charge in [0.1, 0.15) is 12.6 Å². The number of carbonyl (C=O) groups excluding carboxylic acids is 2. The summed E-state index contributed by atoms with van der Waals surface area (Å²) < 4.78 is 1.20. The summed E-state index contributed by atoms with van der Waals surface area (Å²) in [6.07, 6.45) is 5.09. The lowest BCUT2D eigenvalue weighted by Crippen LogP contribution is -2.09. The molecule has 1 rings (SSSR count). The van der Waals surface area contributed by atoms with E-state index in [1.807, 2.05) is 0 Å². The maximum Gasteiger partial charge on any atom is 0.194 e. The minimum absolute atomic E-state index is 0.118. The molecule has 1 heterocycles. The number of hydrogen-bond donors (Lipinski definition) is 2. The average molecular weight is 239 g/mol. The van der Waals surface area contributed by atoms with E-state index in [9.17, 15) is 19.8 Å². The quantitative estimate of drug-likeness (QED) is 0.535. The molecule has 1 aromatic rings. The molecule has 0 aliphatic heterocycles. The van der Waals surface area contributed by atoms with Gasteiger partial charge in [-0.15, -0.1) is 0 Å². The van der Waals surface area contributed by atoms with Crippen LogP contribution in [-0.4, -0.2) is 27.4 Å². The van der Waals surface area contributed by atoms with E-state index in [-0.39, 0.29) is 11.8 Å². The van der Waals surface area contributed by atoms with E-state index >= 15 is 0 Å². The Bertz CT molecular complexity index is 353. The van der Waals surface area contributed by atoms with E-state index in [1.54, 1.807) is 0 Å². The second kappa shape index (κ2) is 6.73. The second-order valence-corrected chi connectivity index (χ2v) is 3.93. The molecule has 1 aromatic heterocycles. The molecule has 94 valence electrons. The summed E-state index contributed by atoms with van der Waals surface area (Å²) in [4.78, 5) is 21.0. The summed E-state index contributed by atoms with van der Waals surface area (Å²) in [7, 11) is 0. The highest BCUT2D eigenvalue weighted by Gasteiger charge is 2.16. The van der Waals surface area contributed by atoms with E-state index in [1.165, 1.54) is 16.7 Å². The van der Waals surface area contributed by atoms with Crippen LogP contribution in [0, 0.1) is 0 Å². The van der Waals surface area contributed by atoms with Crippen LogP contribution in [0.2, 0.25) is 0 Å². The van der Waals surface area contributed by atoms with Gasteiger partial charge in [0.05, 0.1) is 6.04 Å². The van der Waals surface area contributed by atoms with Crippen molar-refractivity contribution in [1.82, 2.24) is 4.57 Å². The van der Waals surface area contributed by atoms with Crippen LogP contribution in [-0.2, 0) is 9.59 Å². The molecule has 17 heavy (non-hydrogen) atoms. The van der Waals surface area contributed by atoms with E-state index in [4.69, 9.17) is 0 Å². The van der Waals surface area contributed by atoms with Crippen molar-refractivity contribution in [2.45, 2.75) is 38.1 Å². The molecular formula is C12H17NO4. The fourth-order valence-electron chi connectivity index (χ4n) is 1.78. The molecule has 0 aromatic carbocycles. The summed E-state index contributed by atoms with van der Waals surface area (Å²) in [5.74, 6) is -0.236. The van der Waals surface area contributed by atoms with Gasteiger partial charge in [-0.3, -0.25) is 4.57 Å². The summed E-state index contributed by atoms with van der Waals surface area (Å²) in [6, 6.07) is 2.14. The Balaban J connectivity index is 2.49. The van der Waals surface area contributed by atoms with Gasteiger partial charge in [0.15, 0.2) is 11.8 Å². The first-order valence-corrected chi connectivity index (χ1v) is 5.68. The molecule has 0 saturated carbocycles. The van der Waals surface area contributed by atoms with Gasteiger partial charge in [0.2, 0.25) is 0 Å². The highest BCUT2D eigenvalue weighted by molar-refractivity contribution is 5.57. The predicted octanol–water partition coefficient (Wildman–Crippen LogP) is 1.79. The van der Waals surface area contributed by atoms with Gasteiger partial charge in [0, 0.05) is 18.6 Å². The highest BCUT2D eigenvalue weighted by Crippen LogP contribution is 2.28. The van der Waals surface area contributed by atoms with E-state index in [0.717, 1.165) is 25.5 Å². The molecular weight excluding hydrogens is 222 g/mol. The Hall–Kier alpha value is -1.78. The second-order valence-electron chi connectivity index (χ2n) is 3.93. The summed E-state index contributed by atoms with van der Waals surface area (Å²) in [5.41, 5.74) is 0. The smallest absolute Gasteiger partial charge is 0.194 e. The predicted molar refractivity (Wildman–Crippen MR) is 62.0 cm³/mol. The van der Waals surface area contributed by atoms with Crippen molar-refractivity contribution in [3.05, 3.63) is 12.1 Å². The molecule has 0 radical (unpaired) electrons.